The molecule has 0 aromatic heterocycles. The Morgan fingerprint density at radius 2 is 1.86 bits per heavy atom. The first-order valence-corrected chi connectivity index (χ1v) is 4.68. The third-order valence-corrected chi connectivity index (χ3v) is 2.08. The summed E-state index contributed by atoms with van der Waals surface area (Å²) in [5, 5.41) is 8.31. The summed E-state index contributed by atoms with van der Waals surface area (Å²) in [6.07, 6.45) is 3.91. The molecule has 0 heterocycles. The molecule has 0 amide bonds. The molecule has 1 aliphatic rings. The lowest BCUT2D eigenvalue weighted by Gasteiger charge is -2.10. The van der Waals surface area contributed by atoms with Crippen LogP contribution >= 0.6 is 0 Å². The van der Waals surface area contributed by atoms with Crippen molar-refractivity contribution in [3.63, 3.8) is 0 Å². The van der Waals surface area contributed by atoms with Gasteiger partial charge in [-0.3, -0.25) is 0 Å². The maximum absolute atomic E-state index is 11.0. The Hall–Kier alpha value is -1.10. The first-order valence-electron chi connectivity index (χ1n) is 4.68. The molecule has 5 heteroatoms. The van der Waals surface area contributed by atoms with E-state index in [4.69, 9.17) is 9.84 Å². The summed E-state index contributed by atoms with van der Waals surface area (Å²) in [6.45, 7) is -1.12. The van der Waals surface area contributed by atoms with E-state index in [-0.39, 0.29) is 6.10 Å². The van der Waals surface area contributed by atoms with Gasteiger partial charge in [0, 0.05) is 0 Å². The Kier molecular flexibility index (Phi) is 4.39. The highest BCUT2D eigenvalue weighted by atomic mass is 16.6. The van der Waals surface area contributed by atoms with Gasteiger partial charge in [-0.25, -0.2) is 9.59 Å². The van der Waals surface area contributed by atoms with Gasteiger partial charge in [-0.15, -0.1) is 0 Å². The smallest absolute Gasteiger partial charge is 0.344 e. The van der Waals surface area contributed by atoms with Crippen LogP contribution in [0.2, 0.25) is 0 Å². The standard InChI is InChI=1S/C9H14O5/c10-5-8(11)13-6-9(12)14-7-3-1-2-4-7/h7,10H,1-6H2. The van der Waals surface area contributed by atoms with E-state index in [1.54, 1.807) is 0 Å². The average molecular weight is 202 g/mol. The van der Waals surface area contributed by atoms with Crippen molar-refractivity contribution in [2.45, 2.75) is 31.8 Å². The van der Waals surface area contributed by atoms with Crippen molar-refractivity contribution in [1.29, 1.82) is 0 Å². The summed E-state index contributed by atoms with van der Waals surface area (Å²) in [7, 11) is 0. The molecule has 0 atom stereocenters. The van der Waals surface area contributed by atoms with Crippen molar-refractivity contribution in [3.8, 4) is 0 Å². The second-order valence-corrected chi connectivity index (χ2v) is 3.22. The predicted molar refractivity (Wildman–Crippen MR) is 46.4 cm³/mol. The first-order chi connectivity index (χ1) is 6.72. The van der Waals surface area contributed by atoms with Gasteiger partial charge in [-0.05, 0) is 25.7 Å². The van der Waals surface area contributed by atoms with Crippen LogP contribution in [0.1, 0.15) is 25.7 Å². The molecule has 0 saturated heterocycles. The van der Waals surface area contributed by atoms with Gasteiger partial charge >= 0.3 is 11.9 Å². The van der Waals surface area contributed by atoms with Crippen LogP contribution in [-0.4, -0.2) is 36.4 Å². The fraction of sp³-hybridized carbons (Fsp3) is 0.778. The largest absolute Gasteiger partial charge is 0.460 e. The van der Waals surface area contributed by atoms with Gasteiger partial charge < -0.3 is 14.6 Å². The van der Waals surface area contributed by atoms with Crippen LogP contribution in [0, 0.1) is 0 Å². The van der Waals surface area contributed by atoms with Crippen molar-refractivity contribution in [2.75, 3.05) is 13.2 Å². The van der Waals surface area contributed by atoms with E-state index in [0.717, 1.165) is 25.7 Å². The van der Waals surface area contributed by atoms with Gasteiger partial charge in [0.1, 0.15) is 12.7 Å². The molecule has 1 aliphatic carbocycles. The molecule has 0 spiro atoms. The van der Waals surface area contributed by atoms with Gasteiger partial charge in [-0.2, -0.15) is 0 Å². The molecule has 0 bridgehead atoms. The topological polar surface area (TPSA) is 72.8 Å². The zero-order chi connectivity index (χ0) is 10.4. The van der Waals surface area contributed by atoms with Gasteiger partial charge in [0.25, 0.3) is 0 Å². The molecular formula is C9H14O5. The summed E-state index contributed by atoms with van der Waals surface area (Å²) in [4.78, 5) is 21.5. The molecule has 5 nitrogen and oxygen atoms in total. The Labute approximate surface area is 82.0 Å². The zero-order valence-corrected chi connectivity index (χ0v) is 7.90. The van der Waals surface area contributed by atoms with Crippen molar-refractivity contribution < 1.29 is 24.2 Å². The van der Waals surface area contributed by atoms with E-state index in [1.165, 1.54) is 0 Å². The number of carbonyl (C=O) groups excluding carboxylic acids is 2. The quantitative estimate of drug-likeness (QED) is 0.650. The minimum Gasteiger partial charge on any atom is -0.460 e. The third kappa shape index (κ3) is 3.74. The lowest BCUT2D eigenvalue weighted by atomic mass is 10.3. The zero-order valence-electron chi connectivity index (χ0n) is 7.90. The minimum absolute atomic E-state index is 0.0182. The summed E-state index contributed by atoms with van der Waals surface area (Å²) in [5.41, 5.74) is 0. The van der Waals surface area contributed by atoms with Crippen LogP contribution < -0.4 is 0 Å². The van der Waals surface area contributed by atoms with E-state index in [2.05, 4.69) is 4.74 Å². The molecule has 14 heavy (non-hydrogen) atoms. The molecule has 0 aliphatic heterocycles. The number of aliphatic hydroxyl groups excluding tert-OH is 1. The van der Waals surface area contributed by atoms with Gasteiger partial charge in [-0.1, -0.05) is 0 Å². The van der Waals surface area contributed by atoms with Crippen molar-refractivity contribution >= 4 is 11.9 Å². The molecule has 0 radical (unpaired) electrons. The van der Waals surface area contributed by atoms with Crippen LogP contribution in [0.25, 0.3) is 0 Å². The highest BCUT2D eigenvalue weighted by Gasteiger charge is 2.19. The van der Waals surface area contributed by atoms with Gasteiger partial charge in [0.15, 0.2) is 6.61 Å². The number of ether oxygens (including phenoxy) is 2. The van der Waals surface area contributed by atoms with E-state index >= 15 is 0 Å². The molecule has 0 unspecified atom stereocenters. The normalized spacial score (nSPS) is 16.6. The van der Waals surface area contributed by atoms with Gasteiger partial charge in [0.2, 0.25) is 0 Å². The number of hydrogen-bond donors (Lipinski definition) is 1. The Bertz CT molecular complexity index is 207. The van der Waals surface area contributed by atoms with E-state index in [0.29, 0.717) is 0 Å². The van der Waals surface area contributed by atoms with Gasteiger partial charge in [0.05, 0.1) is 0 Å². The Balaban J connectivity index is 2.12. The molecule has 1 N–H and O–H groups in total. The number of hydrogen-bond acceptors (Lipinski definition) is 5. The Morgan fingerprint density at radius 1 is 1.21 bits per heavy atom. The van der Waals surface area contributed by atoms with E-state index in [1.807, 2.05) is 0 Å². The molecule has 1 rings (SSSR count). The van der Waals surface area contributed by atoms with Crippen molar-refractivity contribution in [3.05, 3.63) is 0 Å². The monoisotopic (exact) mass is 202 g/mol. The number of rotatable bonds is 4. The van der Waals surface area contributed by atoms with Crippen LogP contribution in [0.5, 0.6) is 0 Å². The fourth-order valence-corrected chi connectivity index (χ4v) is 1.41. The van der Waals surface area contributed by atoms with E-state index in [9.17, 15) is 9.59 Å². The molecule has 1 saturated carbocycles. The molecular weight excluding hydrogens is 188 g/mol. The lowest BCUT2D eigenvalue weighted by Crippen LogP contribution is -2.22. The molecule has 0 aromatic rings. The molecule has 0 aromatic carbocycles. The number of esters is 2. The maximum atomic E-state index is 11.0. The molecule has 80 valence electrons. The van der Waals surface area contributed by atoms with Crippen LogP contribution in [-0.2, 0) is 19.1 Å². The lowest BCUT2D eigenvalue weighted by molar-refractivity contribution is -0.163. The Morgan fingerprint density at radius 3 is 2.43 bits per heavy atom. The van der Waals surface area contributed by atoms with Crippen LogP contribution in [0.15, 0.2) is 0 Å². The second kappa shape index (κ2) is 5.59. The van der Waals surface area contributed by atoms with E-state index < -0.39 is 25.2 Å². The average Bonchev–Trinajstić information content (AvgIpc) is 2.66. The summed E-state index contributed by atoms with van der Waals surface area (Å²) < 4.78 is 9.41. The highest BCUT2D eigenvalue weighted by molar-refractivity contribution is 5.76. The highest BCUT2D eigenvalue weighted by Crippen LogP contribution is 2.20. The van der Waals surface area contributed by atoms with Crippen LogP contribution in [0.4, 0.5) is 0 Å². The number of carbonyl (C=O) groups is 2. The van der Waals surface area contributed by atoms with Crippen molar-refractivity contribution in [2.24, 2.45) is 0 Å². The predicted octanol–water partition coefficient (Wildman–Crippen LogP) is 0.00770. The summed E-state index contributed by atoms with van der Waals surface area (Å²) in [6, 6.07) is 0. The fourth-order valence-electron chi connectivity index (χ4n) is 1.41. The summed E-state index contributed by atoms with van der Waals surface area (Å²) in [5.74, 6) is -1.35. The first kappa shape index (κ1) is 11.0. The molecule has 1 fully saturated rings. The number of aliphatic hydroxyl groups is 1. The van der Waals surface area contributed by atoms with Crippen molar-refractivity contribution in [1.82, 2.24) is 0 Å². The summed E-state index contributed by atoms with van der Waals surface area (Å²) >= 11 is 0. The minimum atomic E-state index is -0.812. The maximum Gasteiger partial charge on any atom is 0.344 e. The third-order valence-electron chi connectivity index (χ3n) is 2.08. The second-order valence-electron chi connectivity index (χ2n) is 3.22. The van der Waals surface area contributed by atoms with Crippen LogP contribution in [0.3, 0.4) is 0 Å². The SMILES string of the molecule is O=C(CO)OCC(=O)OC1CCCC1.